The number of fused-ring (bicyclic) bond motifs is 36. The van der Waals surface area contributed by atoms with Gasteiger partial charge in [-0.2, -0.15) is 0 Å². The van der Waals surface area contributed by atoms with E-state index in [1.165, 1.54) is 227 Å². The molecule has 0 aromatic heterocycles. The van der Waals surface area contributed by atoms with E-state index in [-0.39, 0.29) is 0 Å². The predicted octanol–water partition coefficient (Wildman–Crippen LogP) is 36.1. The van der Waals surface area contributed by atoms with Crippen molar-refractivity contribution in [3.63, 3.8) is 0 Å². The van der Waals surface area contributed by atoms with Gasteiger partial charge in [0.05, 0.1) is 0 Å². The van der Waals surface area contributed by atoms with Gasteiger partial charge in [-0.25, -0.2) is 0 Å². The summed E-state index contributed by atoms with van der Waals surface area (Å²) in [6.07, 6.45) is 0. The molecule has 2 nitrogen and oxygen atoms in total. The number of hydrogen-bond acceptors (Lipinski definition) is 2. The lowest BCUT2D eigenvalue weighted by Gasteiger charge is -2.27. The normalized spacial score (nSPS) is 11.9. The van der Waals surface area contributed by atoms with E-state index in [2.05, 4.69) is 483 Å². The molecule has 128 heavy (non-hydrogen) atoms. The van der Waals surface area contributed by atoms with Crippen LogP contribution in [0.3, 0.4) is 0 Å². The third-order valence-corrected chi connectivity index (χ3v) is 27.6. The Morgan fingerprint density at radius 2 is 0.188 bits per heavy atom. The molecule has 0 spiro atoms. The highest BCUT2D eigenvalue weighted by Crippen LogP contribution is 2.49. The molecule has 0 saturated carbocycles. The molecular formula is C126H78N2. The summed E-state index contributed by atoms with van der Waals surface area (Å²) < 4.78 is 0. The van der Waals surface area contributed by atoms with Crippen LogP contribution in [0.4, 0.5) is 34.1 Å². The lowest BCUT2D eigenvalue weighted by atomic mass is 9.92. The molecule has 0 heterocycles. The van der Waals surface area contributed by atoms with Crippen molar-refractivity contribution in [1.29, 1.82) is 0 Å². The van der Waals surface area contributed by atoms with Gasteiger partial charge in [0.25, 0.3) is 0 Å². The van der Waals surface area contributed by atoms with E-state index in [9.17, 15) is 0 Å². The van der Waals surface area contributed by atoms with Crippen LogP contribution in [-0.2, 0) is 0 Å². The first-order chi connectivity index (χ1) is 63.5. The van der Waals surface area contributed by atoms with Gasteiger partial charge in [-0.1, -0.05) is 382 Å². The highest BCUT2D eigenvalue weighted by atomic mass is 15.1. The summed E-state index contributed by atoms with van der Waals surface area (Å²) >= 11 is 0. The standard InChI is InChI=1S/C66H41N.C60H37N/c1-4-19-55-49(13-1)52-16-7-10-22-58(52)64-39-44(29-36-61(55)64)42-25-31-46(32-26-42)67(48-35-38-63-57-21-6-3-15-51(57)54-18-9-12-24-60(54)66(63)41-48)47-33-27-43(28-34-47)45-30-37-62-56-20-5-2-14-50(56)53-17-8-11-23-59(53)65(62)40-45;1-4-19-49-43(13-1)46-16-7-10-22-52(46)58-35-39(27-32-55(49)58)38-25-28-40(29-26-38)61(41-30-33-56-50-20-5-2-14-44(50)47-17-8-11-23-53(47)59(56)36-41)42-31-34-57-51-21-6-3-15-45(51)48-18-9-12-24-54(48)60(57)37-42/h1-41H;1-37H. The van der Waals surface area contributed by atoms with Crippen molar-refractivity contribution in [2.45, 2.75) is 0 Å². The van der Waals surface area contributed by atoms with Crippen molar-refractivity contribution in [1.82, 2.24) is 0 Å². The Morgan fingerprint density at radius 3 is 0.352 bits per heavy atom. The van der Waals surface area contributed by atoms with E-state index >= 15 is 0 Å². The molecular weight excluding hydrogens is 1540 g/mol. The Balaban J connectivity index is 0.000000136. The molecule has 0 amide bonds. The second-order valence-corrected chi connectivity index (χ2v) is 34.3. The van der Waals surface area contributed by atoms with Gasteiger partial charge >= 0.3 is 0 Å². The fourth-order valence-electron chi connectivity index (χ4n) is 21.7. The second kappa shape index (κ2) is 29.5. The average Bonchev–Trinajstić information content (AvgIpc) is 0.753. The number of rotatable bonds is 9. The largest absolute Gasteiger partial charge is 0.310 e. The quantitative estimate of drug-likeness (QED) is 0.133. The topological polar surface area (TPSA) is 6.48 Å². The van der Waals surface area contributed by atoms with Gasteiger partial charge in [0.15, 0.2) is 0 Å². The summed E-state index contributed by atoms with van der Waals surface area (Å²) in [6.45, 7) is 0. The maximum absolute atomic E-state index is 2.44. The molecule has 0 aliphatic heterocycles. The molecule has 0 saturated heterocycles. The fourth-order valence-corrected chi connectivity index (χ4v) is 21.7. The number of hydrogen-bond donors (Lipinski definition) is 0. The van der Waals surface area contributed by atoms with E-state index in [0.717, 1.165) is 34.1 Å². The minimum absolute atomic E-state index is 1.10. The van der Waals surface area contributed by atoms with Gasteiger partial charge < -0.3 is 9.80 Å². The van der Waals surface area contributed by atoms with Crippen LogP contribution in [0.5, 0.6) is 0 Å². The zero-order valence-electron chi connectivity index (χ0n) is 69.9. The highest BCUT2D eigenvalue weighted by molar-refractivity contribution is 6.32. The van der Waals surface area contributed by atoms with Crippen LogP contribution in [0, 0.1) is 0 Å². The Kier molecular flexibility index (Phi) is 16.8. The summed E-state index contributed by atoms with van der Waals surface area (Å²) in [7, 11) is 0. The lowest BCUT2D eigenvalue weighted by molar-refractivity contribution is 1.29. The van der Waals surface area contributed by atoms with E-state index in [0.29, 0.717) is 0 Å². The third kappa shape index (κ3) is 11.7. The van der Waals surface area contributed by atoms with Crippen LogP contribution in [0.2, 0.25) is 0 Å². The molecule has 0 bridgehead atoms. The summed E-state index contributed by atoms with van der Waals surface area (Å²) in [5, 5.41) is 46.0. The zero-order chi connectivity index (χ0) is 84.0. The van der Waals surface area contributed by atoms with E-state index in [4.69, 9.17) is 0 Å². The van der Waals surface area contributed by atoms with Crippen molar-refractivity contribution in [3.05, 3.63) is 473 Å². The van der Waals surface area contributed by atoms with Crippen LogP contribution in [0.25, 0.3) is 227 Å². The zero-order valence-corrected chi connectivity index (χ0v) is 69.9. The fraction of sp³-hybridized carbons (Fsp3) is 0. The molecule has 2 heteroatoms. The van der Waals surface area contributed by atoms with Gasteiger partial charge in [-0.05, 0) is 318 Å². The van der Waals surface area contributed by atoms with Gasteiger partial charge in [0, 0.05) is 34.1 Å². The molecule has 0 fully saturated rings. The first-order valence-corrected chi connectivity index (χ1v) is 44.4. The summed E-state index contributed by atoms with van der Waals surface area (Å²) in [5.74, 6) is 0. The summed E-state index contributed by atoms with van der Waals surface area (Å²) in [6, 6.07) is 175. The summed E-state index contributed by atoms with van der Waals surface area (Å²) in [5.41, 5.74) is 13.8. The second-order valence-electron chi connectivity index (χ2n) is 34.3. The average molecular weight is 1620 g/mol. The maximum atomic E-state index is 2.44. The van der Waals surface area contributed by atoms with Gasteiger partial charge in [-0.3, -0.25) is 0 Å². The minimum Gasteiger partial charge on any atom is -0.310 e. The Hall–Kier alpha value is -16.8. The molecule has 0 atom stereocenters. The number of anilines is 6. The van der Waals surface area contributed by atoms with E-state index in [1.807, 2.05) is 0 Å². The predicted molar refractivity (Wildman–Crippen MR) is 554 cm³/mol. The lowest BCUT2D eigenvalue weighted by Crippen LogP contribution is -2.10. The Morgan fingerprint density at radius 1 is 0.0781 bits per heavy atom. The molecule has 27 aromatic carbocycles. The minimum atomic E-state index is 1.10. The SMILES string of the molecule is c1ccc2c(c1)c1ccccc1c1cc(-c3ccc(N(c4ccc(-c5ccc6c7ccccc7c7ccccc7c6c5)cc4)c4ccc5c6ccccc6c6ccccc6c5c4)cc3)ccc21.c1ccc2c(c1)c1ccccc1c1cc(-c3ccc(N(c4ccc5c6ccccc6c6ccccc6c5c4)c4ccc5c6ccccc6c6ccccc6c5c4)cc3)ccc21. The van der Waals surface area contributed by atoms with E-state index in [1.54, 1.807) is 0 Å². The first kappa shape index (κ1) is 72.8. The van der Waals surface area contributed by atoms with Crippen LogP contribution in [0.1, 0.15) is 0 Å². The Bertz CT molecular complexity index is 8760. The monoisotopic (exact) mass is 1620 g/mol. The molecule has 0 aliphatic carbocycles. The van der Waals surface area contributed by atoms with Gasteiger partial charge in [-0.15, -0.1) is 0 Å². The molecule has 0 aliphatic rings. The highest BCUT2D eigenvalue weighted by Gasteiger charge is 2.23. The number of nitrogens with zero attached hydrogens (tertiary/aromatic N) is 2. The van der Waals surface area contributed by atoms with Crippen molar-refractivity contribution in [2.75, 3.05) is 9.80 Å². The molecule has 0 radical (unpaired) electrons. The van der Waals surface area contributed by atoms with Crippen LogP contribution in [0.15, 0.2) is 473 Å². The van der Waals surface area contributed by atoms with Crippen molar-refractivity contribution in [3.8, 4) is 33.4 Å². The van der Waals surface area contributed by atoms with Gasteiger partial charge in [0.2, 0.25) is 0 Å². The Labute approximate surface area is 739 Å². The third-order valence-electron chi connectivity index (χ3n) is 27.6. The smallest absolute Gasteiger partial charge is 0.0468 e. The maximum Gasteiger partial charge on any atom is 0.0468 e. The molecule has 592 valence electrons. The molecule has 0 unspecified atom stereocenters. The summed E-state index contributed by atoms with van der Waals surface area (Å²) in [4.78, 5) is 4.85. The molecule has 27 rings (SSSR count). The van der Waals surface area contributed by atoms with Crippen molar-refractivity contribution < 1.29 is 0 Å². The molecule has 27 aromatic rings. The van der Waals surface area contributed by atoms with Crippen molar-refractivity contribution in [2.24, 2.45) is 0 Å². The molecule has 0 N–H and O–H groups in total. The van der Waals surface area contributed by atoms with E-state index < -0.39 is 0 Å². The van der Waals surface area contributed by atoms with Crippen LogP contribution < -0.4 is 9.80 Å². The van der Waals surface area contributed by atoms with Crippen molar-refractivity contribution >= 4 is 228 Å². The van der Waals surface area contributed by atoms with Gasteiger partial charge in [0.1, 0.15) is 0 Å². The number of benzene rings is 27. The first-order valence-electron chi connectivity index (χ1n) is 44.4. The van der Waals surface area contributed by atoms with Crippen LogP contribution >= 0.6 is 0 Å². The van der Waals surface area contributed by atoms with Crippen LogP contribution in [-0.4, -0.2) is 0 Å².